The van der Waals surface area contributed by atoms with Gasteiger partial charge >= 0.3 is 0 Å². The monoisotopic (exact) mass is 342 g/mol. The second-order valence-corrected chi connectivity index (χ2v) is 6.26. The first-order valence-corrected chi connectivity index (χ1v) is 8.61. The van der Waals surface area contributed by atoms with Crippen LogP contribution in [0.3, 0.4) is 0 Å². The Morgan fingerprint density at radius 2 is 2.08 bits per heavy atom. The molecular weight excluding hydrogens is 324 g/mol. The van der Waals surface area contributed by atoms with E-state index < -0.39 is 0 Å². The van der Waals surface area contributed by atoms with Crippen LogP contribution in [0.2, 0.25) is 0 Å². The highest BCUT2D eigenvalue weighted by atomic mass is 32.1. The molecule has 2 heterocycles. The number of hydrogen-bond acceptors (Lipinski definition) is 5. The van der Waals surface area contributed by atoms with Crippen molar-refractivity contribution in [2.75, 3.05) is 6.61 Å². The number of hydrogen-bond donors (Lipinski definition) is 2. The molecule has 0 aliphatic heterocycles. The number of thiophene rings is 1. The van der Waals surface area contributed by atoms with Gasteiger partial charge in [0.15, 0.2) is 17.8 Å². The lowest BCUT2D eigenvalue weighted by atomic mass is 10.0. The molecule has 0 radical (unpaired) electrons. The molecule has 0 fully saturated rings. The van der Waals surface area contributed by atoms with Gasteiger partial charge in [-0.15, -0.1) is 11.3 Å². The predicted molar refractivity (Wildman–Crippen MR) is 92.8 cm³/mol. The summed E-state index contributed by atoms with van der Waals surface area (Å²) in [6, 6.07) is 13.3. The second kappa shape index (κ2) is 7.90. The van der Waals surface area contributed by atoms with E-state index >= 15 is 0 Å². The first-order valence-electron chi connectivity index (χ1n) is 7.73. The van der Waals surface area contributed by atoms with Gasteiger partial charge in [0.25, 0.3) is 5.91 Å². The molecule has 0 saturated heterocycles. The van der Waals surface area contributed by atoms with Crippen LogP contribution in [0.5, 0.6) is 0 Å². The molecule has 3 rings (SSSR count). The Hall–Kier alpha value is -2.44. The molecule has 1 amide bonds. The summed E-state index contributed by atoms with van der Waals surface area (Å²) in [6.45, 7) is 0.0869. The molecule has 5 nitrogen and oxygen atoms in total. The summed E-state index contributed by atoms with van der Waals surface area (Å²) < 4.78 is 5.40. The van der Waals surface area contributed by atoms with Gasteiger partial charge in [-0.2, -0.15) is 0 Å². The minimum atomic E-state index is -0.279. The zero-order chi connectivity index (χ0) is 16.8. The van der Waals surface area contributed by atoms with E-state index in [-0.39, 0.29) is 24.2 Å². The maximum absolute atomic E-state index is 12.7. The van der Waals surface area contributed by atoms with Crippen molar-refractivity contribution in [1.82, 2.24) is 10.3 Å². The molecular formula is C18H18N2O3S. The third-order valence-corrected chi connectivity index (χ3v) is 4.55. The van der Waals surface area contributed by atoms with E-state index in [2.05, 4.69) is 10.3 Å². The number of carbonyl (C=O) groups is 1. The average molecular weight is 342 g/mol. The van der Waals surface area contributed by atoms with Crippen LogP contribution in [0.1, 0.15) is 34.9 Å². The molecule has 124 valence electrons. The molecule has 0 saturated carbocycles. The van der Waals surface area contributed by atoms with Crippen molar-refractivity contribution in [3.05, 3.63) is 65.5 Å². The zero-order valence-corrected chi connectivity index (χ0v) is 13.8. The van der Waals surface area contributed by atoms with Gasteiger partial charge in [0.1, 0.15) is 0 Å². The van der Waals surface area contributed by atoms with Gasteiger partial charge in [0.2, 0.25) is 0 Å². The van der Waals surface area contributed by atoms with Crippen molar-refractivity contribution in [3.63, 3.8) is 0 Å². The standard InChI is InChI=1S/C18H18N2O3S/c21-10-4-8-14(13-6-2-1-3-7-13)20-18(22)16-17(23-12-19-16)15-9-5-11-24-15/h1-3,5-7,9,11-12,14,21H,4,8,10H2,(H,20,22). The number of nitrogens with zero attached hydrogens (tertiary/aromatic N) is 1. The smallest absolute Gasteiger partial charge is 0.274 e. The third-order valence-electron chi connectivity index (χ3n) is 3.69. The number of aromatic nitrogens is 1. The summed E-state index contributed by atoms with van der Waals surface area (Å²) in [5, 5.41) is 14.0. The lowest BCUT2D eigenvalue weighted by molar-refractivity contribution is 0.0928. The van der Waals surface area contributed by atoms with Crippen LogP contribution in [-0.4, -0.2) is 22.6 Å². The van der Waals surface area contributed by atoms with E-state index in [4.69, 9.17) is 9.52 Å². The predicted octanol–water partition coefficient (Wildman–Crippen LogP) is 3.65. The van der Waals surface area contributed by atoms with Crippen LogP contribution in [0, 0.1) is 0 Å². The lowest BCUT2D eigenvalue weighted by Crippen LogP contribution is -2.29. The molecule has 2 N–H and O–H groups in total. The molecule has 0 aliphatic carbocycles. The average Bonchev–Trinajstić information content (AvgIpc) is 3.29. The highest BCUT2D eigenvalue weighted by Crippen LogP contribution is 2.28. The van der Waals surface area contributed by atoms with Gasteiger partial charge in [-0.3, -0.25) is 4.79 Å². The van der Waals surface area contributed by atoms with E-state index in [0.29, 0.717) is 18.6 Å². The van der Waals surface area contributed by atoms with Gasteiger partial charge in [-0.1, -0.05) is 36.4 Å². The molecule has 0 spiro atoms. The normalized spacial score (nSPS) is 12.0. The Kier molecular flexibility index (Phi) is 5.40. The largest absolute Gasteiger partial charge is 0.442 e. The molecule has 3 aromatic rings. The van der Waals surface area contributed by atoms with E-state index in [1.807, 2.05) is 47.8 Å². The number of aliphatic hydroxyl groups is 1. The summed E-state index contributed by atoms with van der Waals surface area (Å²) >= 11 is 1.49. The fourth-order valence-electron chi connectivity index (χ4n) is 2.52. The first-order chi connectivity index (χ1) is 11.8. The van der Waals surface area contributed by atoms with Crippen molar-refractivity contribution < 1.29 is 14.3 Å². The number of oxazole rings is 1. The van der Waals surface area contributed by atoms with E-state index in [1.54, 1.807) is 0 Å². The minimum Gasteiger partial charge on any atom is -0.442 e. The highest BCUT2D eigenvalue weighted by molar-refractivity contribution is 7.13. The number of nitrogens with one attached hydrogen (secondary N) is 1. The van der Waals surface area contributed by atoms with E-state index in [9.17, 15) is 4.79 Å². The zero-order valence-electron chi connectivity index (χ0n) is 13.0. The number of amides is 1. The van der Waals surface area contributed by atoms with Crippen LogP contribution in [0.25, 0.3) is 10.6 Å². The van der Waals surface area contributed by atoms with Gasteiger partial charge < -0.3 is 14.8 Å². The van der Waals surface area contributed by atoms with Crippen LogP contribution >= 0.6 is 11.3 Å². The van der Waals surface area contributed by atoms with Crippen molar-refractivity contribution in [2.24, 2.45) is 0 Å². The summed E-state index contributed by atoms with van der Waals surface area (Å²) in [5.74, 6) is 0.204. The number of benzene rings is 1. The van der Waals surface area contributed by atoms with Crippen LogP contribution in [0.4, 0.5) is 0 Å². The summed E-state index contributed by atoms with van der Waals surface area (Å²) in [7, 11) is 0. The van der Waals surface area contributed by atoms with E-state index in [0.717, 1.165) is 10.4 Å². The maximum Gasteiger partial charge on any atom is 0.274 e. The topological polar surface area (TPSA) is 75.4 Å². The Balaban J connectivity index is 1.80. The molecule has 24 heavy (non-hydrogen) atoms. The van der Waals surface area contributed by atoms with Crippen molar-refractivity contribution >= 4 is 17.2 Å². The Labute approximate surface area is 144 Å². The molecule has 2 aromatic heterocycles. The first kappa shape index (κ1) is 16.4. The molecule has 1 aromatic carbocycles. The van der Waals surface area contributed by atoms with Gasteiger partial charge in [0.05, 0.1) is 10.9 Å². The number of carbonyl (C=O) groups excluding carboxylic acids is 1. The van der Waals surface area contributed by atoms with Gasteiger partial charge in [0, 0.05) is 6.61 Å². The van der Waals surface area contributed by atoms with Crippen LogP contribution in [-0.2, 0) is 0 Å². The maximum atomic E-state index is 12.7. The van der Waals surface area contributed by atoms with Gasteiger partial charge in [-0.05, 0) is 29.9 Å². The Morgan fingerprint density at radius 1 is 1.25 bits per heavy atom. The molecule has 1 unspecified atom stereocenters. The lowest BCUT2D eigenvalue weighted by Gasteiger charge is -2.18. The molecule has 6 heteroatoms. The molecule has 1 atom stereocenters. The van der Waals surface area contributed by atoms with Gasteiger partial charge in [-0.25, -0.2) is 4.98 Å². The van der Waals surface area contributed by atoms with Crippen molar-refractivity contribution in [2.45, 2.75) is 18.9 Å². The SMILES string of the molecule is O=C(NC(CCCO)c1ccccc1)c1ncoc1-c1cccs1. The van der Waals surface area contributed by atoms with Crippen LogP contribution < -0.4 is 5.32 Å². The Bertz CT molecular complexity index is 769. The van der Waals surface area contributed by atoms with Crippen LogP contribution in [0.15, 0.2) is 58.7 Å². The molecule has 0 aliphatic rings. The Morgan fingerprint density at radius 3 is 2.79 bits per heavy atom. The summed E-state index contributed by atoms with van der Waals surface area (Å²) in [5.41, 5.74) is 1.28. The fourth-order valence-corrected chi connectivity index (χ4v) is 3.23. The highest BCUT2D eigenvalue weighted by Gasteiger charge is 2.22. The number of rotatable bonds is 7. The van der Waals surface area contributed by atoms with Crippen molar-refractivity contribution in [3.8, 4) is 10.6 Å². The quantitative estimate of drug-likeness (QED) is 0.687. The third kappa shape index (κ3) is 3.72. The van der Waals surface area contributed by atoms with E-state index in [1.165, 1.54) is 17.7 Å². The molecule has 0 bridgehead atoms. The number of aliphatic hydroxyl groups excluding tert-OH is 1. The van der Waals surface area contributed by atoms with Crippen molar-refractivity contribution in [1.29, 1.82) is 0 Å². The summed E-state index contributed by atoms with van der Waals surface area (Å²) in [4.78, 5) is 17.6. The fraction of sp³-hybridized carbons (Fsp3) is 0.222. The summed E-state index contributed by atoms with van der Waals surface area (Å²) in [6.07, 6.45) is 2.55. The minimum absolute atomic E-state index is 0.0869. The second-order valence-electron chi connectivity index (χ2n) is 5.31.